The predicted octanol–water partition coefficient (Wildman–Crippen LogP) is 2.65. The zero-order valence-electron chi connectivity index (χ0n) is 11.1. The fourth-order valence-electron chi connectivity index (χ4n) is 2.14. The van der Waals surface area contributed by atoms with Crippen molar-refractivity contribution < 1.29 is 13.2 Å². The van der Waals surface area contributed by atoms with E-state index in [9.17, 15) is 13.2 Å². The zero-order chi connectivity index (χ0) is 15.1. The number of hydrogen-bond donors (Lipinski definition) is 0. The van der Waals surface area contributed by atoms with E-state index in [0.29, 0.717) is 18.4 Å². The molecule has 1 amide bonds. The summed E-state index contributed by atoms with van der Waals surface area (Å²) in [6.45, 7) is 3.40. The number of carbonyl (C=O) groups is 1. The molecule has 110 valence electrons. The van der Waals surface area contributed by atoms with Gasteiger partial charge in [-0.2, -0.15) is 0 Å². The van der Waals surface area contributed by atoms with E-state index in [2.05, 4.69) is 4.98 Å². The Morgan fingerprint density at radius 1 is 1.45 bits per heavy atom. The van der Waals surface area contributed by atoms with Gasteiger partial charge in [-0.1, -0.05) is 23.2 Å². The maximum absolute atomic E-state index is 12.5. The van der Waals surface area contributed by atoms with Gasteiger partial charge in [-0.25, -0.2) is 17.7 Å². The Hall–Kier alpha value is -0.850. The summed E-state index contributed by atoms with van der Waals surface area (Å²) in [5, 5.41) is -0.400. The van der Waals surface area contributed by atoms with Crippen LogP contribution in [0.3, 0.4) is 0 Å². The minimum atomic E-state index is -3.61. The lowest BCUT2D eigenvalue weighted by Crippen LogP contribution is -2.46. The van der Waals surface area contributed by atoms with Crippen molar-refractivity contribution >= 4 is 39.1 Å². The second-order valence-electron chi connectivity index (χ2n) is 4.78. The number of nitrogens with zero attached hydrogens (tertiary/aromatic N) is 2. The highest BCUT2D eigenvalue weighted by Crippen LogP contribution is 2.27. The molecule has 1 atom stereocenters. The molecule has 1 fully saturated rings. The summed E-state index contributed by atoms with van der Waals surface area (Å²) in [4.78, 5) is 16.3. The van der Waals surface area contributed by atoms with Gasteiger partial charge in [0.15, 0.2) is 0 Å². The van der Waals surface area contributed by atoms with Crippen molar-refractivity contribution in [1.82, 2.24) is 9.29 Å². The van der Waals surface area contributed by atoms with E-state index in [0.717, 1.165) is 4.31 Å². The van der Waals surface area contributed by atoms with Crippen LogP contribution in [0.4, 0.5) is 0 Å². The van der Waals surface area contributed by atoms with Crippen molar-refractivity contribution in [2.45, 2.75) is 31.9 Å². The van der Waals surface area contributed by atoms with E-state index in [4.69, 9.17) is 23.2 Å². The second kappa shape index (κ2) is 5.50. The van der Waals surface area contributed by atoms with Crippen LogP contribution in [0.1, 0.15) is 35.7 Å². The third-order valence-corrected chi connectivity index (χ3v) is 6.20. The smallest absolute Gasteiger partial charge is 0.267 e. The van der Waals surface area contributed by atoms with Crippen LogP contribution in [-0.4, -0.2) is 35.4 Å². The monoisotopic (exact) mass is 336 g/mol. The fourth-order valence-corrected chi connectivity index (χ4v) is 4.18. The molecule has 0 radical (unpaired) electrons. The van der Waals surface area contributed by atoms with Crippen molar-refractivity contribution in [3.05, 3.63) is 27.5 Å². The molecule has 5 nitrogen and oxygen atoms in total. The lowest BCUT2D eigenvalue weighted by Gasteiger charge is -2.31. The number of halogens is 2. The SMILES string of the molecule is Cc1c(C(=O)N2CCCC(C)S2(=O)=O)cc(Cl)nc1Cl. The minimum absolute atomic E-state index is 0.0615. The number of pyridine rings is 1. The van der Waals surface area contributed by atoms with Crippen molar-refractivity contribution in [2.24, 2.45) is 0 Å². The summed E-state index contributed by atoms with van der Waals surface area (Å²) in [6, 6.07) is 1.35. The van der Waals surface area contributed by atoms with Crippen molar-refractivity contribution in [2.75, 3.05) is 6.54 Å². The Labute approximate surface area is 127 Å². The topological polar surface area (TPSA) is 67.3 Å². The minimum Gasteiger partial charge on any atom is -0.268 e. The van der Waals surface area contributed by atoms with Crippen molar-refractivity contribution in [1.29, 1.82) is 0 Å². The molecule has 2 rings (SSSR count). The standard InChI is InChI=1S/C12H14Cl2N2O3S/c1-7-4-3-5-16(20(7,18)19)12(17)9-6-10(13)15-11(14)8(9)2/h6-7H,3-5H2,1-2H3. The third-order valence-electron chi connectivity index (χ3n) is 3.43. The molecule has 1 aliphatic rings. The maximum Gasteiger partial charge on any atom is 0.267 e. The van der Waals surface area contributed by atoms with E-state index in [-0.39, 0.29) is 22.4 Å². The Bertz CT molecular complexity index is 661. The van der Waals surface area contributed by atoms with Crippen LogP contribution >= 0.6 is 23.2 Å². The van der Waals surface area contributed by atoms with E-state index < -0.39 is 21.2 Å². The van der Waals surface area contributed by atoms with Crippen LogP contribution in [0.5, 0.6) is 0 Å². The number of hydrogen-bond acceptors (Lipinski definition) is 4. The summed E-state index contributed by atoms with van der Waals surface area (Å²) in [6.07, 6.45) is 1.21. The number of aromatic nitrogens is 1. The number of sulfonamides is 1. The van der Waals surface area contributed by atoms with Gasteiger partial charge in [0.05, 0.1) is 5.25 Å². The van der Waals surface area contributed by atoms with E-state index in [1.807, 2.05) is 0 Å². The largest absolute Gasteiger partial charge is 0.268 e. The molecule has 8 heteroatoms. The average Bonchev–Trinajstić information content (AvgIpc) is 2.36. The highest BCUT2D eigenvalue weighted by atomic mass is 35.5. The Balaban J connectivity index is 2.47. The molecule has 20 heavy (non-hydrogen) atoms. The van der Waals surface area contributed by atoms with Crippen LogP contribution in [0.2, 0.25) is 10.3 Å². The first-order valence-electron chi connectivity index (χ1n) is 6.13. The second-order valence-corrected chi connectivity index (χ2v) is 7.80. The molecule has 1 unspecified atom stereocenters. The first-order valence-corrected chi connectivity index (χ1v) is 8.39. The summed E-state index contributed by atoms with van der Waals surface area (Å²) in [7, 11) is -3.61. The molecule has 1 aliphatic heterocycles. The first-order chi connectivity index (χ1) is 9.25. The lowest BCUT2D eigenvalue weighted by molar-refractivity contribution is 0.0852. The molecular formula is C12H14Cl2N2O3S. The lowest BCUT2D eigenvalue weighted by atomic mass is 10.1. The van der Waals surface area contributed by atoms with Gasteiger partial charge in [-0.3, -0.25) is 4.79 Å². The third kappa shape index (κ3) is 2.64. The van der Waals surface area contributed by atoms with Gasteiger partial charge in [-0.05, 0) is 38.3 Å². The van der Waals surface area contributed by atoms with Gasteiger partial charge in [0.1, 0.15) is 10.3 Å². The predicted molar refractivity (Wildman–Crippen MR) is 77.6 cm³/mol. The molecule has 0 N–H and O–H groups in total. The number of rotatable bonds is 1. The van der Waals surface area contributed by atoms with Crippen LogP contribution in [0.25, 0.3) is 0 Å². The molecule has 1 aromatic heterocycles. The Morgan fingerprint density at radius 3 is 2.75 bits per heavy atom. The van der Waals surface area contributed by atoms with Crippen LogP contribution < -0.4 is 0 Å². The zero-order valence-corrected chi connectivity index (χ0v) is 13.4. The molecule has 1 aromatic rings. The van der Waals surface area contributed by atoms with Gasteiger partial charge >= 0.3 is 0 Å². The Morgan fingerprint density at radius 2 is 2.10 bits per heavy atom. The fraction of sp³-hybridized carbons (Fsp3) is 0.500. The summed E-state index contributed by atoms with van der Waals surface area (Å²) >= 11 is 11.7. The molecule has 0 bridgehead atoms. The van der Waals surface area contributed by atoms with E-state index in [1.165, 1.54) is 6.07 Å². The quantitative estimate of drug-likeness (QED) is 0.739. The van der Waals surface area contributed by atoms with E-state index in [1.54, 1.807) is 13.8 Å². The average molecular weight is 337 g/mol. The molecule has 0 spiro atoms. The highest BCUT2D eigenvalue weighted by molar-refractivity contribution is 7.90. The van der Waals surface area contributed by atoms with Gasteiger partial charge in [0, 0.05) is 12.1 Å². The van der Waals surface area contributed by atoms with Gasteiger partial charge in [-0.15, -0.1) is 0 Å². The summed E-state index contributed by atoms with van der Waals surface area (Å²) in [5.41, 5.74) is 0.599. The van der Waals surface area contributed by atoms with Crippen LogP contribution in [-0.2, 0) is 10.0 Å². The molecule has 0 aliphatic carbocycles. The Kier molecular flexibility index (Phi) is 4.27. The van der Waals surface area contributed by atoms with Crippen molar-refractivity contribution in [3.63, 3.8) is 0 Å². The molecule has 1 saturated heterocycles. The molecule has 0 saturated carbocycles. The number of amides is 1. The molecule has 2 heterocycles. The van der Waals surface area contributed by atoms with Gasteiger partial charge < -0.3 is 0 Å². The highest BCUT2D eigenvalue weighted by Gasteiger charge is 2.37. The van der Waals surface area contributed by atoms with Crippen LogP contribution in [0, 0.1) is 6.92 Å². The molecule has 0 aromatic carbocycles. The maximum atomic E-state index is 12.5. The summed E-state index contributed by atoms with van der Waals surface area (Å²) in [5.74, 6) is -0.597. The normalized spacial score (nSPS) is 21.8. The van der Waals surface area contributed by atoms with Crippen LogP contribution in [0.15, 0.2) is 6.07 Å². The van der Waals surface area contributed by atoms with Gasteiger partial charge in [0.2, 0.25) is 10.0 Å². The van der Waals surface area contributed by atoms with Crippen molar-refractivity contribution in [3.8, 4) is 0 Å². The first kappa shape index (κ1) is 15.5. The van der Waals surface area contributed by atoms with Gasteiger partial charge in [0.25, 0.3) is 5.91 Å². The summed E-state index contributed by atoms with van der Waals surface area (Å²) < 4.78 is 25.4. The number of carbonyl (C=O) groups excluding carboxylic acids is 1. The molecular weight excluding hydrogens is 323 g/mol. The van der Waals surface area contributed by atoms with E-state index >= 15 is 0 Å².